The molecule has 1 aromatic rings. The number of nitrogen functional groups attached to an aromatic ring is 1. The van der Waals surface area contributed by atoms with E-state index >= 15 is 0 Å². The quantitative estimate of drug-likeness (QED) is 0.786. The molecule has 0 spiro atoms. The van der Waals surface area contributed by atoms with Gasteiger partial charge in [-0.1, -0.05) is 23.2 Å². The molecule has 1 atom stereocenters. The second-order valence-electron chi connectivity index (χ2n) is 4.95. The van der Waals surface area contributed by atoms with Gasteiger partial charge in [-0.2, -0.15) is 5.26 Å². The summed E-state index contributed by atoms with van der Waals surface area (Å²) in [6.45, 7) is 3.00. The van der Waals surface area contributed by atoms with Crippen LogP contribution >= 0.6 is 23.2 Å². The molecule has 1 unspecified atom stereocenters. The summed E-state index contributed by atoms with van der Waals surface area (Å²) < 4.78 is 0. The molecule has 0 aliphatic carbocycles. The van der Waals surface area contributed by atoms with E-state index in [1.807, 2.05) is 18.9 Å². The molecule has 0 saturated carbocycles. The fraction of sp³-hybridized carbons (Fsp3) is 0.429. The number of rotatable bonds is 6. The van der Waals surface area contributed by atoms with Crippen molar-refractivity contribution in [3.63, 3.8) is 0 Å². The predicted octanol–water partition coefficient (Wildman–Crippen LogP) is 3.00. The second-order valence-corrected chi connectivity index (χ2v) is 5.76. The average Bonchev–Trinajstić information content (AvgIpc) is 2.40. The van der Waals surface area contributed by atoms with E-state index in [2.05, 4.69) is 11.4 Å². The molecule has 0 saturated heterocycles. The smallest absolute Gasteiger partial charge is 0.225 e. The monoisotopic (exact) mass is 328 g/mol. The lowest BCUT2D eigenvalue weighted by atomic mass is 10.2. The minimum Gasteiger partial charge on any atom is -0.399 e. The first kappa shape index (κ1) is 17.6. The summed E-state index contributed by atoms with van der Waals surface area (Å²) in [6.07, 6.45) is 0.283. The molecule has 5 nitrogen and oxygen atoms in total. The molecular formula is C14H18Cl2N4O. The number of halogens is 2. The number of hydrogen-bond acceptors (Lipinski definition) is 4. The highest BCUT2D eigenvalue weighted by Gasteiger charge is 2.12. The van der Waals surface area contributed by atoms with Crippen molar-refractivity contribution in [2.45, 2.75) is 13.3 Å². The van der Waals surface area contributed by atoms with Crippen LogP contribution in [0.5, 0.6) is 0 Å². The molecule has 7 heteroatoms. The molecule has 114 valence electrons. The number of carbonyl (C=O) groups excluding carboxylic acids is 1. The molecular weight excluding hydrogens is 311 g/mol. The zero-order chi connectivity index (χ0) is 16.0. The maximum absolute atomic E-state index is 11.9. The standard InChI is InChI=1S/C14H18Cl2N4O/c1-9(7-17)8-20(2)4-3-13(21)19-14-11(15)5-10(18)6-12(14)16/h5-6,9H,3-4,8,18H2,1-2H3,(H,19,21). The molecule has 0 aromatic heterocycles. The Labute approximate surface area is 134 Å². The van der Waals surface area contributed by atoms with Crippen LogP contribution in [0.25, 0.3) is 0 Å². The van der Waals surface area contributed by atoms with Crippen molar-refractivity contribution in [1.29, 1.82) is 5.26 Å². The predicted molar refractivity (Wildman–Crippen MR) is 86.4 cm³/mol. The summed E-state index contributed by atoms with van der Waals surface area (Å²) in [5.74, 6) is -0.265. The Kier molecular flexibility index (Phi) is 6.76. The number of anilines is 2. The first-order chi connectivity index (χ1) is 9.83. The van der Waals surface area contributed by atoms with Gasteiger partial charge in [-0.15, -0.1) is 0 Å². The van der Waals surface area contributed by atoms with Crippen LogP contribution in [0.1, 0.15) is 13.3 Å². The van der Waals surface area contributed by atoms with Crippen molar-refractivity contribution in [1.82, 2.24) is 4.90 Å². The summed E-state index contributed by atoms with van der Waals surface area (Å²) in [7, 11) is 1.87. The van der Waals surface area contributed by atoms with Crippen LogP contribution in [0.4, 0.5) is 11.4 Å². The van der Waals surface area contributed by atoms with Gasteiger partial charge in [-0.05, 0) is 26.1 Å². The number of carbonyl (C=O) groups is 1. The molecule has 0 fully saturated rings. The Hall–Kier alpha value is -1.48. The van der Waals surface area contributed by atoms with Gasteiger partial charge in [0.25, 0.3) is 0 Å². The van der Waals surface area contributed by atoms with E-state index in [-0.39, 0.29) is 18.2 Å². The Morgan fingerprint density at radius 1 is 1.48 bits per heavy atom. The van der Waals surface area contributed by atoms with Gasteiger partial charge in [0.1, 0.15) is 0 Å². The van der Waals surface area contributed by atoms with Gasteiger partial charge in [0, 0.05) is 25.2 Å². The molecule has 0 bridgehead atoms. The van der Waals surface area contributed by atoms with Gasteiger partial charge < -0.3 is 16.0 Å². The van der Waals surface area contributed by atoms with Gasteiger partial charge in [0.15, 0.2) is 0 Å². The fourth-order valence-corrected chi connectivity index (χ4v) is 2.40. The normalized spacial score (nSPS) is 12.0. The van der Waals surface area contributed by atoms with Crippen LogP contribution in [0.2, 0.25) is 10.0 Å². The van der Waals surface area contributed by atoms with Gasteiger partial charge in [-0.25, -0.2) is 0 Å². The largest absolute Gasteiger partial charge is 0.399 e. The zero-order valence-corrected chi connectivity index (χ0v) is 13.5. The first-order valence-corrected chi connectivity index (χ1v) is 7.21. The highest BCUT2D eigenvalue weighted by Crippen LogP contribution is 2.32. The maximum atomic E-state index is 11.9. The number of nitrogens with two attached hydrogens (primary N) is 1. The third-order valence-electron chi connectivity index (χ3n) is 2.86. The number of amides is 1. The van der Waals surface area contributed by atoms with E-state index in [1.165, 1.54) is 12.1 Å². The van der Waals surface area contributed by atoms with Crippen LogP contribution in [-0.4, -0.2) is 30.9 Å². The molecule has 0 aliphatic heterocycles. The summed E-state index contributed by atoms with van der Waals surface area (Å²) in [5.41, 5.74) is 6.41. The molecule has 0 aliphatic rings. The third kappa shape index (κ3) is 5.80. The van der Waals surface area contributed by atoms with E-state index in [4.69, 9.17) is 34.2 Å². The van der Waals surface area contributed by atoms with Crippen molar-refractivity contribution in [3.05, 3.63) is 22.2 Å². The lowest BCUT2D eigenvalue weighted by Crippen LogP contribution is -2.28. The average molecular weight is 329 g/mol. The number of nitriles is 1. The van der Waals surface area contributed by atoms with Crippen LogP contribution < -0.4 is 11.1 Å². The second kappa shape index (κ2) is 8.08. The van der Waals surface area contributed by atoms with Crippen molar-refractivity contribution in [2.75, 3.05) is 31.2 Å². The Bertz CT molecular complexity index is 533. The fourth-order valence-electron chi connectivity index (χ4n) is 1.81. The number of hydrogen-bond donors (Lipinski definition) is 2. The Morgan fingerprint density at radius 3 is 2.57 bits per heavy atom. The van der Waals surface area contributed by atoms with Gasteiger partial charge in [0.2, 0.25) is 5.91 Å². The minimum absolute atomic E-state index is 0.0703. The van der Waals surface area contributed by atoms with Crippen LogP contribution in [0.15, 0.2) is 12.1 Å². The lowest BCUT2D eigenvalue weighted by Gasteiger charge is -2.17. The van der Waals surface area contributed by atoms with Gasteiger partial charge >= 0.3 is 0 Å². The molecule has 1 amide bonds. The highest BCUT2D eigenvalue weighted by atomic mass is 35.5. The third-order valence-corrected chi connectivity index (χ3v) is 3.45. The van der Waals surface area contributed by atoms with Crippen LogP contribution in [0, 0.1) is 17.2 Å². The molecule has 0 radical (unpaired) electrons. The molecule has 0 heterocycles. The topological polar surface area (TPSA) is 82.2 Å². The Morgan fingerprint density at radius 2 is 2.05 bits per heavy atom. The minimum atomic E-state index is -0.194. The van der Waals surface area contributed by atoms with E-state index in [1.54, 1.807) is 0 Å². The van der Waals surface area contributed by atoms with E-state index < -0.39 is 0 Å². The SMILES string of the molecule is CC(C#N)CN(C)CCC(=O)Nc1c(Cl)cc(N)cc1Cl. The first-order valence-electron chi connectivity index (χ1n) is 6.46. The molecule has 1 rings (SSSR count). The number of benzene rings is 1. The van der Waals surface area contributed by atoms with Gasteiger partial charge in [0.05, 0.1) is 27.7 Å². The number of nitrogens with zero attached hydrogens (tertiary/aromatic N) is 2. The zero-order valence-electron chi connectivity index (χ0n) is 12.0. The number of nitrogens with one attached hydrogen (secondary N) is 1. The van der Waals surface area contributed by atoms with E-state index in [0.29, 0.717) is 34.5 Å². The molecule has 1 aromatic carbocycles. The van der Waals surface area contributed by atoms with Crippen molar-refractivity contribution < 1.29 is 4.79 Å². The van der Waals surface area contributed by atoms with Gasteiger partial charge in [-0.3, -0.25) is 4.79 Å². The summed E-state index contributed by atoms with van der Waals surface area (Å²) >= 11 is 12.0. The summed E-state index contributed by atoms with van der Waals surface area (Å²) in [4.78, 5) is 13.8. The lowest BCUT2D eigenvalue weighted by molar-refractivity contribution is -0.116. The van der Waals surface area contributed by atoms with E-state index in [9.17, 15) is 4.79 Å². The maximum Gasteiger partial charge on any atom is 0.225 e. The molecule has 21 heavy (non-hydrogen) atoms. The van der Waals surface area contributed by atoms with Crippen molar-refractivity contribution in [2.24, 2.45) is 5.92 Å². The van der Waals surface area contributed by atoms with Crippen LogP contribution in [0.3, 0.4) is 0 Å². The van der Waals surface area contributed by atoms with Crippen molar-refractivity contribution >= 4 is 40.5 Å². The Balaban J connectivity index is 2.54. The summed E-state index contributed by atoms with van der Waals surface area (Å²) in [6, 6.07) is 5.22. The van der Waals surface area contributed by atoms with Crippen molar-refractivity contribution in [3.8, 4) is 6.07 Å². The molecule has 3 N–H and O–H groups in total. The van der Waals surface area contributed by atoms with E-state index in [0.717, 1.165) is 0 Å². The highest BCUT2D eigenvalue weighted by molar-refractivity contribution is 6.40. The van der Waals surface area contributed by atoms with Crippen LogP contribution in [-0.2, 0) is 4.79 Å². The summed E-state index contributed by atoms with van der Waals surface area (Å²) in [5, 5.41) is 12.0.